The van der Waals surface area contributed by atoms with E-state index in [4.69, 9.17) is 0 Å². The third-order valence-corrected chi connectivity index (χ3v) is 8.37. The number of rotatable bonds is 20. The van der Waals surface area contributed by atoms with Crippen molar-refractivity contribution in [1.29, 1.82) is 0 Å². The van der Waals surface area contributed by atoms with E-state index in [0.717, 1.165) is 0 Å². The summed E-state index contributed by atoms with van der Waals surface area (Å²) >= 11 is 0. The minimum atomic E-state index is 0. The van der Waals surface area contributed by atoms with Crippen molar-refractivity contribution in [3.63, 3.8) is 0 Å². The molecule has 0 amide bonds. The first-order valence-corrected chi connectivity index (χ1v) is 19.3. The number of aromatic nitrogens is 8. The first kappa shape index (κ1) is 56.7. The third-order valence-electron chi connectivity index (χ3n) is 8.37. The number of unbranched alkanes of at least 4 members (excludes halogenated alkanes) is 12. The summed E-state index contributed by atoms with van der Waals surface area (Å²) in [7, 11) is 8.23. The summed E-state index contributed by atoms with van der Waals surface area (Å²) in [5.74, 6) is 0. The highest BCUT2D eigenvalue weighted by Gasteiger charge is 2.01. The lowest BCUT2D eigenvalue weighted by Gasteiger charge is -1.95. The number of nitrogens with zero attached hydrogens (tertiary/aromatic N) is 8. The molecule has 4 aromatic heterocycles. The molecule has 0 aliphatic heterocycles. The van der Waals surface area contributed by atoms with Crippen LogP contribution in [0.2, 0.25) is 0 Å². The highest BCUT2D eigenvalue weighted by atomic mass is 35.5. The molecule has 0 N–H and O–H groups in total. The fourth-order valence-corrected chi connectivity index (χ4v) is 5.42. The largest absolute Gasteiger partial charge is 1.00 e. The van der Waals surface area contributed by atoms with Gasteiger partial charge in [-0.15, -0.1) is 0 Å². The van der Waals surface area contributed by atoms with Gasteiger partial charge in [-0.2, -0.15) is 0 Å². The molecule has 0 aliphatic carbocycles. The van der Waals surface area contributed by atoms with Crippen LogP contribution in [0.25, 0.3) is 0 Å². The molecule has 0 fully saturated rings. The van der Waals surface area contributed by atoms with Gasteiger partial charge < -0.3 is 49.6 Å². The van der Waals surface area contributed by atoms with Gasteiger partial charge >= 0.3 is 0 Å². The van der Waals surface area contributed by atoms with Gasteiger partial charge in [0.25, 0.3) is 0 Å². The molecule has 4 aromatic rings. The lowest BCUT2D eigenvalue weighted by atomic mass is 10.2. The zero-order valence-electron chi connectivity index (χ0n) is 34.2. The summed E-state index contributed by atoms with van der Waals surface area (Å²) in [6.45, 7) is 13.7. The maximum Gasteiger partial charge on any atom is 0.243 e. The van der Waals surface area contributed by atoms with Crippen molar-refractivity contribution in [2.75, 3.05) is 0 Å². The lowest BCUT2D eigenvalue weighted by molar-refractivity contribution is -0.697. The second kappa shape index (κ2) is 38.7. The molecule has 0 atom stereocenters. The molecule has 0 saturated heterocycles. The lowest BCUT2D eigenvalue weighted by Crippen LogP contribution is -3.00. The van der Waals surface area contributed by atoms with Crippen molar-refractivity contribution in [1.82, 2.24) is 18.3 Å². The summed E-state index contributed by atoms with van der Waals surface area (Å²) in [5, 5.41) is 0. The maximum atomic E-state index is 2.25. The van der Waals surface area contributed by atoms with Gasteiger partial charge in [-0.05, 0) is 51.4 Å². The molecule has 8 nitrogen and oxygen atoms in total. The molecular weight excluding hydrogens is 734 g/mol. The van der Waals surface area contributed by atoms with Gasteiger partial charge in [0.2, 0.25) is 25.3 Å². The Morgan fingerprint density at radius 1 is 0.308 bits per heavy atom. The van der Waals surface area contributed by atoms with Crippen molar-refractivity contribution in [3.8, 4) is 0 Å². The van der Waals surface area contributed by atoms with Crippen LogP contribution >= 0.6 is 0 Å². The Bertz CT molecular complexity index is 1070. The highest BCUT2D eigenvalue weighted by Crippen LogP contribution is 2.00. The molecule has 304 valence electrons. The molecule has 0 aliphatic rings. The SMILES string of the molecule is CCCCCC[n+]1ccn(C)c1.CCCCCC[n+]1ccn(C)c1.CCCCCC[n+]1ccn(C)c1.CCCCCC[n+]1ccn(C)c1.[Cl-].[Cl-].[Cl-].[Cl-]. The Labute approximate surface area is 344 Å². The molecule has 4 heterocycles. The number of aryl methyl sites for hydroxylation is 8. The van der Waals surface area contributed by atoms with Crippen LogP contribution in [0.4, 0.5) is 0 Å². The molecule has 0 aromatic carbocycles. The van der Waals surface area contributed by atoms with Gasteiger partial charge in [0, 0.05) is 0 Å². The van der Waals surface area contributed by atoms with Gasteiger partial charge in [0.1, 0.15) is 49.6 Å². The van der Waals surface area contributed by atoms with Gasteiger partial charge in [-0.25, -0.2) is 36.5 Å². The Morgan fingerprint density at radius 3 is 0.635 bits per heavy atom. The monoisotopic (exact) mass is 808 g/mol. The van der Waals surface area contributed by atoms with E-state index in [1.54, 1.807) is 0 Å². The molecule has 52 heavy (non-hydrogen) atoms. The van der Waals surface area contributed by atoms with Crippen molar-refractivity contribution in [2.24, 2.45) is 28.2 Å². The van der Waals surface area contributed by atoms with Crippen LogP contribution in [0.15, 0.2) is 74.9 Å². The van der Waals surface area contributed by atoms with Gasteiger partial charge in [-0.3, -0.25) is 0 Å². The van der Waals surface area contributed by atoms with E-state index in [1.807, 2.05) is 0 Å². The zero-order valence-corrected chi connectivity index (χ0v) is 37.2. The Hall–Kier alpha value is -2.00. The summed E-state index contributed by atoms with van der Waals surface area (Å²) in [6.07, 6.45) is 46.8. The van der Waals surface area contributed by atoms with Crippen LogP contribution in [0.5, 0.6) is 0 Å². The molecule has 4 rings (SSSR count). The van der Waals surface area contributed by atoms with E-state index in [1.165, 1.54) is 129 Å². The Morgan fingerprint density at radius 2 is 0.500 bits per heavy atom. The van der Waals surface area contributed by atoms with E-state index in [9.17, 15) is 0 Å². The number of imidazole rings is 4. The van der Waals surface area contributed by atoms with Crippen molar-refractivity contribution >= 4 is 0 Å². The number of hydrogen-bond acceptors (Lipinski definition) is 0. The van der Waals surface area contributed by atoms with Crippen LogP contribution in [0.1, 0.15) is 130 Å². The maximum absolute atomic E-state index is 2.25. The van der Waals surface area contributed by atoms with Crippen LogP contribution in [-0.4, -0.2) is 18.3 Å². The van der Waals surface area contributed by atoms with E-state index in [2.05, 4.69) is 167 Å². The Kier molecular flexibility index (Phi) is 42.2. The predicted octanol–water partition coefficient (Wildman–Crippen LogP) is -4.41. The minimum Gasteiger partial charge on any atom is -1.00 e. The van der Waals surface area contributed by atoms with Crippen LogP contribution in [0, 0.1) is 0 Å². The van der Waals surface area contributed by atoms with E-state index in [-0.39, 0.29) is 49.6 Å². The van der Waals surface area contributed by atoms with Crippen molar-refractivity contribution in [2.45, 2.75) is 157 Å². The predicted molar refractivity (Wildman–Crippen MR) is 199 cm³/mol. The van der Waals surface area contributed by atoms with E-state index in [0.29, 0.717) is 0 Å². The molecule has 0 spiro atoms. The molecule has 0 radical (unpaired) electrons. The summed E-state index contributed by atoms with van der Waals surface area (Å²) in [6, 6.07) is 0. The summed E-state index contributed by atoms with van der Waals surface area (Å²) in [4.78, 5) is 0. The molecule has 0 saturated carbocycles. The number of hydrogen-bond donors (Lipinski definition) is 0. The van der Waals surface area contributed by atoms with Crippen LogP contribution in [0.3, 0.4) is 0 Å². The zero-order chi connectivity index (χ0) is 35.2. The first-order chi connectivity index (χ1) is 23.3. The second-order valence-electron chi connectivity index (χ2n) is 13.5. The van der Waals surface area contributed by atoms with Gasteiger partial charge in [0.15, 0.2) is 0 Å². The Balaban J connectivity index is -0.000000288. The molecule has 12 heteroatoms. The van der Waals surface area contributed by atoms with Crippen LogP contribution in [-0.2, 0) is 54.4 Å². The van der Waals surface area contributed by atoms with Gasteiger partial charge in [0.05, 0.1) is 54.4 Å². The van der Waals surface area contributed by atoms with Gasteiger partial charge in [-0.1, -0.05) is 79.1 Å². The highest BCUT2D eigenvalue weighted by molar-refractivity contribution is 4.64. The van der Waals surface area contributed by atoms with E-state index < -0.39 is 0 Å². The average Bonchev–Trinajstić information content (AvgIpc) is 3.89. The summed E-state index contributed by atoms with van der Waals surface area (Å²) < 4.78 is 17.3. The minimum absolute atomic E-state index is 0. The molecule has 0 bridgehead atoms. The summed E-state index contributed by atoms with van der Waals surface area (Å²) in [5.41, 5.74) is 0. The smallest absolute Gasteiger partial charge is 0.243 e. The quantitative estimate of drug-likeness (QED) is 0.0640. The number of halogens is 4. The fourth-order valence-electron chi connectivity index (χ4n) is 5.42. The molecular formula is C40H76Cl4N8. The average molecular weight is 811 g/mol. The standard InChI is InChI=1S/4C10H19N2.4ClH/c4*1-3-4-5-6-7-12-9-8-11(2)10-12;;;;/h4*8-10H,3-7H2,1-2H3;4*1H/q4*+1;;;;/p-4. The van der Waals surface area contributed by atoms with Crippen molar-refractivity contribution < 1.29 is 67.9 Å². The first-order valence-electron chi connectivity index (χ1n) is 19.3. The van der Waals surface area contributed by atoms with E-state index >= 15 is 0 Å². The third kappa shape index (κ3) is 31.5. The molecule has 0 unspecified atom stereocenters. The normalized spacial score (nSPS) is 9.69. The fraction of sp³-hybridized carbons (Fsp3) is 0.700. The van der Waals surface area contributed by atoms with Crippen LogP contribution < -0.4 is 67.9 Å². The van der Waals surface area contributed by atoms with Crippen molar-refractivity contribution in [3.05, 3.63) is 74.9 Å². The topological polar surface area (TPSA) is 35.2 Å². The second-order valence-corrected chi connectivity index (χ2v) is 13.5.